The van der Waals surface area contributed by atoms with Gasteiger partial charge in [0.15, 0.2) is 5.96 Å². The van der Waals surface area contributed by atoms with Gasteiger partial charge in [-0.1, -0.05) is 0 Å². The number of carbonyl (C=O) groups is 7. The fraction of sp³-hybridized carbons (Fsp3) is 0.636. The van der Waals surface area contributed by atoms with E-state index in [0.29, 0.717) is 5.75 Å². The maximum atomic E-state index is 13.1. The van der Waals surface area contributed by atoms with Crippen molar-refractivity contribution in [3.8, 4) is 0 Å². The van der Waals surface area contributed by atoms with Gasteiger partial charge < -0.3 is 53.8 Å². The SMILES string of the molecule is CSCC[C@H](NC(=O)[C@H](CCCN=C(N)N)NC(=O)CNC(=O)[C@@H](N)CCC(=O)O)C(=O)N[C@@H](CC(=O)O)C(=O)O. The van der Waals surface area contributed by atoms with Crippen LogP contribution >= 0.6 is 11.8 Å². The van der Waals surface area contributed by atoms with Crippen molar-refractivity contribution < 1.29 is 48.9 Å². The van der Waals surface area contributed by atoms with Crippen LogP contribution in [0, 0.1) is 0 Å². The van der Waals surface area contributed by atoms with Crippen molar-refractivity contribution in [1.82, 2.24) is 21.3 Å². The van der Waals surface area contributed by atoms with Crippen LogP contribution in [0.4, 0.5) is 0 Å². The van der Waals surface area contributed by atoms with E-state index in [-0.39, 0.29) is 44.6 Å². The summed E-state index contributed by atoms with van der Waals surface area (Å²) >= 11 is 1.33. The number of amides is 4. The van der Waals surface area contributed by atoms with Gasteiger partial charge in [-0.05, 0) is 37.7 Å². The predicted octanol–water partition coefficient (Wildman–Crippen LogP) is -3.88. The molecule has 0 spiro atoms. The Hall–Kier alpha value is -4.13. The van der Waals surface area contributed by atoms with E-state index in [1.165, 1.54) is 11.8 Å². The highest BCUT2D eigenvalue weighted by Crippen LogP contribution is 2.06. The third-order valence-electron chi connectivity index (χ3n) is 5.26. The molecule has 4 amide bonds. The molecule has 0 radical (unpaired) electrons. The lowest BCUT2D eigenvalue weighted by Gasteiger charge is -2.24. The summed E-state index contributed by atoms with van der Waals surface area (Å²) in [7, 11) is 0. The van der Waals surface area contributed by atoms with Gasteiger partial charge in [-0.25, -0.2) is 4.79 Å². The molecule has 13 N–H and O–H groups in total. The molecule has 0 bridgehead atoms. The Kier molecular flexibility index (Phi) is 17.9. The first-order valence-electron chi connectivity index (χ1n) is 12.3. The average Bonchev–Trinajstić information content (AvgIpc) is 2.88. The Morgan fingerprint density at radius 1 is 0.805 bits per heavy atom. The van der Waals surface area contributed by atoms with E-state index in [1.54, 1.807) is 6.26 Å². The van der Waals surface area contributed by atoms with E-state index in [4.69, 9.17) is 27.4 Å². The highest BCUT2D eigenvalue weighted by atomic mass is 32.2. The number of hydrogen-bond acceptors (Lipinski definition) is 10. The Labute approximate surface area is 239 Å². The van der Waals surface area contributed by atoms with Crippen molar-refractivity contribution in [3.05, 3.63) is 0 Å². The first-order chi connectivity index (χ1) is 19.2. The van der Waals surface area contributed by atoms with Crippen LogP contribution in [0.2, 0.25) is 0 Å². The van der Waals surface area contributed by atoms with E-state index in [9.17, 15) is 38.7 Å². The van der Waals surface area contributed by atoms with Crippen molar-refractivity contribution in [1.29, 1.82) is 0 Å². The zero-order valence-corrected chi connectivity index (χ0v) is 23.3. The normalized spacial score (nSPS) is 13.4. The van der Waals surface area contributed by atoms with E-state index in [1.807, 2.05) is 0 Å². The number of carboxylic acid groups (broad SMARTS) is 3. The Bertz CT molecular complexity index is 976. The lowest BCUT2D eigenvalue weighted by molar-refractivity contribution is -0.147. The van der Waals surface area contributed by atoms with Crippen molar-refractivity contribution in [3.63, 3.8) is 0 Å². The Balaban J connectivity index is 5.52. The molecule has 4 atom stereocenters. The van der Waals surface area contributed by atoms with Crippen LogP contribution in [0.15, 0.2) is 4.99 Å². The lowest BCUT2D eigenvalue weighted by atomic mass is 10.1. The molecule has 0 saturated heterocycles. The summed E-state index contributed by atoms with van der Waals surface area (Å²) < 4.78 is 0. The van der Waals surface area contributed by atoms with Gasteiger partial charge in [0.05, 0.1) is 19.0 Å². The lowest BCUT2D eigenvalue weighted by Crippen LogP contribution is -2.57. The van der Waals surface area contributed by atoms with E-state index in [2.05, 4.69) is 26.3 Å². The molecule has 0 fully saturated rings. The largest absolute Gasteiger partial charge is 0.481 e. The van der Waals surface area contributed by atoms with E-state index in [0.717, 1.165) is 0 Å². The second kappa shape index (κ2) is 19.9. The maximum absolute atomic E-state index is 13.1. The molecule has 0 rings (SSSR count). The molecule has 0 aromatic carbocycles. The molecule has 232 valence electrons. The topological polar surface area (TPSA) is 319 Å². The van der Waals surface area contributed by atoms with Crippen LogP contribution in [-0.2, 0) is 33.6 Å². The second-order valence-electron chi connectivity index (χ2n) is 8.67. The highest BCUT2D eigenvalue weighted by Gasteiger charge is 2.30. The minimum atomic E-state index is -1.74. The maximum Gasteiger partial charge on any atom is 0.326 e. The summed E-state index contributed by atoms with van der Waals surface area (Å²) in [5.74, 6) is -7.35. The first kappa shape index (κ1) is 36.9. The molecule has 0 aliphatic heterocycles. The first-order valence-corrected chi connectivity index (χ1v) is 13.7. The average molecular weight is 607 g/mol. The molecular formula is C22H38N8O10S. The number of hydrogen-bond donors (Lipinski definition) is 10. The van der Waals surface area contributed by atoms with Crippen molar-refractivity contribution in [2.45, 2.75) is 62.7 Å². The van der Waals surface area contributed by atoms with Crippen LogP contribution in [-0.4, -0.2) is 112 Å². The van der Waals surface area contributed by atoms with Crippen LogP contribution in [0.5, 0.6) is 0 Å². The summed E-state index contributed by atoms with van der Waals surface area (Å²) in [6.45, 7) is -0.494. The number of rotatable bonds is 21. The second-order valence-corrected chi connectivity index (χ2v) is 9.65. The van der Waals surface area contributed by atoms with Gasteiger partial charge in [0.25, 0.3) is 0 Å². The Morgan fingerprint density at radius 2 is 1.39 bits per heavy atom. The number of thioether (sulfide) groups is 1. The highest BCUT2D eigenvalue weighted by molar-refractivity contribution is 7.98. The minimum absolute atomic E-state index is 0.00590. The van der Waals surface area contributed by atoms with Gasteiger partial charge in [0, 0.05) is 13.0 Å². The van der Waals surface area contributed by atoms with Crippen LogP contribution in [0.1, 0.15) is 38.5 Å². The third-order valence-corrected chi connectivity index (χ3v) is 5.91. The molecule has 0 aliphatic rings. The fourth-order valence-electron chi connectivity index (χ4n) is 3.15. The minimum Gasteiger partial charge on any atom is -0.481 e. The molecule has 0 aliphatic carbocycles. The van der Waals surface area contributed by atoms with Gasteiger partial charge in [-0.3, -0.25) is 33.8 Å². The van der Waals surface area contributed by atoms with E-state index < -0.39 is 78.7 Å². The zero-order valence-electron chi connectivity index (χ0n) is 22.5. The summed E-state index contributed by atoms with van der Waals surface area (Å²) in [5.41, 5.74) is 16.2. The van der Waals surface area contributed by atoms with Crippen LogP contribution in [0.25, 0.3) is 0 Å². The Morgan fingerprint density at radius 3 is 1.90 bits per heavy atom. The smallest absolute Gasteiger partial charge is 0.326 e. The summed E-state index contributed by atoms with van der Waals surface area (Å²) in [6, 6.07) is -5.43. The number of carboxylic acids is 3. The number of carbonyl (C=O) groups excluding carboxylic acids is 4. The fourth-order valence-corrected chi connectivity index (χ4v) is 3.62. The van der Waals surface area contributed by atoms with Crippen molar-refractivity contribution >= 4 is 59.3 Å². The molecule has 0 heterocycles. The quantitative estimate of drug-likeness (QED) is 0.0339. The standard InChI is InChI=1S/C22H38N8O10S/c1-41-8-6-13(20(38)30-14(21(39)40)9-17(34)35)29-19(37)12(3-2-7-26-22(24)25)28-15(31)10-27-18(36)11(23)4-5-16(32)33/h11-14H,2-10,23H2,1H3,(H,27,36)(H,28,31)(H,29,37)(H,30,38)(H,32,33)(H,34,35)(H,39,40)(H4,24,25,26)/t11-,12-,13-,14-/m0/s1. The van der Waals surface area contributed by atoms with Gasteiger partial charge in [-0.2, -0.15) is 11.8 Å². The summed E-state index contributed by atoms with van der Waals surface area (Å²) in [5, 5.41) is 36.0. The molecule has 19 heteroatoms. The molecule has 0 aromatic heterocycles. The predicted molar refractivity (Wildman–Crippen MR) is 146 cm³/mol. The number of aliphatic imine (C=N–C) groups is 1. The van der Waals surface area contributed by atoms with Crippen molar-refractivity contribution in [2.24, 2.45) is 22.2 Å². The number of nitrogens with one attached hydrogen (secondary N) is 4. The van der Waals surface area contributed by atoms with Crippen molar-refractivity contribution in [2.75, 3.05) is 25.1 Å². The number of nitrogens with two attached hydrogens (primary N) is 3. The summed E-state index contributed by atoms with van der Waals surface area (Å²) in [4.78, 5) is 87.2. The number of nitrogens with zero attached hydrogens (tertiary/aromatic N) is 1. The van der Waals surface area contributed by atoms with Gasteiger partial charge in [0.1, 0.15) is 18.1 Å². The zero-order chi connectivity index (χ0) is 31.5. The monoisotopic (exact) mass is 606 g/mol. The van der Waals surface area contributed by atoms with Gasteiger partial charge in [-0.15, -0.1) is 0 Å². The number of guanidine groups is 1. The third kappa shape index (κ3) is 17.2. The molecular weight excluding hydrogens is 568 g/mol. The van der Waals surface area contributed by atoms with Gasteiger partial charge in [0.2, 0.25) is 23.6 Å². The summed E-state index contributed by atoms with van der Waals surface area (Å²) in [6.07, 6.45) is 0.589. The van der Waals surface area contributed by atoms with E-state index >= 15 is 0 Å². The van der Waals surface area contributed by atoms with Gasteiger partial charge >= 0.3 is 17.9 Å². The molecule has 18 nitrogen and oxygen atoms in total. The molecule has 41 heavy (non-hydrogen) atoms. The molecule has 0 unspecified atom stereocenters. The molecule has 0 saturated carbocycles. The molecule has 0 aromatic rings. The van der Waals surface area contributed by atoms with Crippen LogP contribution < -0.4 is 38.5 Å². The number of aliphatic carboxylic acids is 3. The van der Waals surface area contributed by atoms with Crippen LogP contribution in [0.3, 0.4) is 0 Å².